The third kappa shape index (κ3) is 6.21. The molecule has 4 heteroatoms. The summed E-state index contributed by atoms with van der Waals surface area (Å²) >= 11 is 7.05. The Kier molecular flexibility index (Phi) is 7.09. The molecule has 0 N–H and O–H groups in total. The molecule has 0 aliphatic rings. The fraction of sp³-hybridized carbons (Fsp3) is 0.333. The minimum absolute atomic E-state index is 0.962. The highest BCUT2D eigenvalue weighted by molar-refractivity contribution is 9.10. The molecule has 2 rings (SSSR count). The van der Waals surface area contributed by atoms with Crippen molar-refractivity contribution in [3.8, 4) is 0 Å². The Morgan fingerprint density at radius 2 is 1.45 bits per heavy atom. The second kappa shape index (κ2) is 8.82. The standard InChI is InChI=1S/C18H22Br2N2/c1-21(2)10-11-22(13-15-6-8-17(19)9-7-15)14-16-4-3-5-18(20)12-16/h3-9,12H,10-11,13-14H2,1-2H3. The van der Waals surface area contributed by atoms with E-state index in [4.69, 9.17) is 0 Å². The normalized spacial score (nSPS) is 11.4. The number of likely N-dealkylation sites (N-methyl/N-ethyl adjacent to an activating group) is 1. The molecule has 0 unspecified atom stereocenters. The molecule has 118 valence electrons. The van der Waals surface area contributed by atoms with Crippen LogP contribution in [0, 0.1) is 0 Å². The largest absolute Gasteiger partial charge is 0.308 e. The molecule has 0 bridgehead atoms. The number of halogens is 2. The van der Waals surface area contributed by atoms with E-state index in [0.29, 0.717) is 0 Å². The SMILES string of the molecule is CN(C)CCN(Cc1ccc(Br)cc1)Cc1cccc(Br)c1. The van der Waals surface area contributed by atoms with Gasteiger partial charge in [-0.25, -0.2) is 0 Å². The van der Waals surface area contributed by atoms with E-state index >= 15 is 0 Å². The third-order valence-electron chi connectivity index (χ3n) is 3.48. The topological polar surface area (TPSA) is 6.48 Å². The van der Waals surface area contributed by atoms with Crippen molar-refractivity contribution >= 4 is 31.9 Å². The lowest BCUT2D eigenvalue weighted by Crippen LogP contribution is -2.31. The number of rotatable bonds is 7. The van der Waals surface area contributed by atoms with Crippen molar-refractivity contribution < 1.29 is 0 Å². The summed E-state index contributed by atoms with van der Waals surface area (Å²) in [6.07, 6.45) is 0. The van der Waals surface area contributed by atoms with Crippen LogP contribution in [0.2, 0.25) is 0 Å². The lowest BCUT2D eigenvalue weighted by molar-refractivity contribution is 0.226. The van der Waals surface area contributed by atoms with Gasteiger partial charge in [-0.2, -0.15) is 0 Å². The van der Waals surface area contributed by atoms with Gasteiger partial charge in [-0.1, -0.05) is 56.1 Å². The fourth-order valence-corrected chi connectivity index (χ4v) is 3.01. The maximum absolute atomic E-state index is 3.56. The fourth-order valence-electron chi connectivity index (χ4n) is 2.30. The van der Waals surface area contributed by atoms with Crippen LogP contribution in [0.25, 0.3) is 0 Å². The molecule has 0 heterocycles. The first kappa shape index (κ1) is 17.7. The van der Waals surface area contributed by atoms with Crippen LogP contribution in [0.3, 0.4) is 0 Å². The summed E-state index contributed by atoms with van der Waals surface area (Å²) < 4.78 is 2.27. The van der Waals surface area contributed by atoms with E-state index in [-0.39, 0.29) is 0 Å². The molecule has 2 nitrogen and oxygen atoms in total. The monoisotopic (exact) mass is 424 g/mol. The molecule has 0 saturated carbocycles. The van der Waals surface area contributed by atoms with Crippen LogP contribution in [0.4, 0.5) is 0 Å². The molecule has 0 radical (unpaired) electrons. The van der Waals surface area contributed by atoms with Gasteiger partial charge in [0.1, 0.15) is 0 Å². The summed E-state index contributed by atoms with van der Waals surface area (Å²) in [6, 6.07) is 17.2. The Morgan fingerprint density at radius 3 is 2.09 bits per heavy atom. The minimum Gasteiger partial charge on any atom is -0.308 e. The zero-order chi connectivity index (χ0) is 15.9. The molecule has 22 heavy (non-hydrogen) atoms. The Morgan fingerprint density at radius 1 is 0.773 bits per heavy atom. The molecule has 0 amide bonds. The first-order chi connectivity index (χ1) is 10.5. The summed E-state index contributed by atoms with van der Waals surface area (Å²) in [5, 5.41) is 0. The Balaban J connectivity index is 2.06. The van der Waals surface area contributed by atoms with Gasteiger partial charge in [0, 0.05) is 35.1 Å². The molecule has 0 saturated heterocycles. The van der Waals surface area contributed by atoms with Crippen LogP contribution in [-0.4, -0.2) is 37.0 Å². The quantitative estimate of drug-likeness (QED) is 0.629. The van der Waals surface area contributed by atoms with Crippen LogP contribution in [-0.2, 0) is 13.1 Å². The van der Waals surface area contributed by atoms with Gasteiger partial charge in [0.15, 0.2) is 0 Å². The lowest BCUT2D eigenvalue weighted by atomic mass is 10.1. The average molecular weight is 426 g/mol. The highest BCUT2D eigenvalue weighted by Crippen LogP contribution is 2.16. The number of nitrogens with zero attached hydrogens (tertiary/aromatic N) is 2. The Hall–Kier alpha value is -0.680. The van der Waals surface area contributed by atoms with Gasteiger partial charge in [-0.3, -0.25) is 4.90 Å². The molecule has 0 fully saturated rings. The maximum Gasteiger partial charge on any atom is 0.0238 e. The van der Waals surface area contributed by atoms with Gasteiger partial charge < -0.3 is 4.90 Å². The van der Waals surface area contributed by atoms with Gasteiger partial charge in [0.05, 0.1) is 0 Å². The van der Waals surface area contributed by atoms with Crippen molar-refractivity contribution in [1.29, 1.82) is 0 Å². The van der Waals surface area contributed by atoms with Gasteiger partial charge in [0.25, 0.3) is 0 Å². The van der Waals surface area contributed by atoms with Crippen LogP contribution in [0.5, 0.6) is 0 Å². The van der Waals surface area contributed by atoms with Crippen LogP contribution < -0.4 is 0 Å². The van der Waals surface area contributed by atoms with Gasteiger partial charge in [0.2, 0.25) is 0 Å². The molecular formula is C18H22Br2N2. The molecular weight excluding hydrogens is 404 g/mol. The van der Waals surface area contributed by atoms with Crippen LogP contribution in [0.15, 0.2) is 57.5 Å². The first-order valence-corrected chi connectivity index (χ1v) is 8.97. The van der Waals surface area contributed by atoms with Crippen molar-refractivity contribution in [2.45, 2.75) is 13.1 Å². The first-order valence-electron chi connectivity index (χ1n) is 7.39. The molecule has 2 aromatic carbocycles. The van der Waals surface area contributed by atoms with Crippen molar-refractivity contribution in [1.82, 2.24) is 9.80 Å². The number of benzene rings is 2. The summed E-state index contributed by atoms with van der Waals surface area (Å²) in [5.74, 6) is 0. The van der Waals surface area contributed by atoms with Crippen molar-refractivity contribution in [2.75, 3.05) is 27.2 Å². The van der Waals surface area contributed by atoms with E-state index in [1.165, 1.54) is 11.1 Å². The second-order valence-corrected chi connectivity index (χ2v) is 7.60. The molecule has 0 spiro atoms. The van der Waals surface area contributed by atoms with Gasteiger partial charge in [-0.15, -0.1) is 0 Å². The lowest BCUT2D eigenvalue weighted by Gasteiger charge is -2.24. The molecule has 2 aromatic rings. The van der Waals surface area contributed by atoms with Gasteiger partial charge in [-0.05, 0) is 49.5 Å². The third-order valence-corrected chi connectivity index (χ3v) is 4.50. The predicted molar refractivity (Wildman–Crippen MR) is 101 cm³/mol. The molecule has 0 atom stereocenters. The van der Waals surface area contributed by atoms with E-state index in [9.17, 15) is 0 Å². The highest BCUT2D eigenvalue weighted by atomic mass is 79.9. The zero-order valence-corrected chi connectivity index (χ0v) is 16.3. The van der Waals surface area contributed by atoms with E-state index in [0.717, 1.165) is 35.1 Å². The zero-order valence-electron chi connectivity index (χ0n) is 13.1. The van der Waals surface area contributed by atoms with Crippen molar-refractivity contribution in [3.63, 3.8) is 0 Å². The Labute approximate surface area is 150 Å². The van der Waals surface area contributed by atoms with E-state index in [2.05, 4.69) is 104 Å². The molecule has 0 aliphatic carbocycles. The molecule has 0 aromatic heterocycles. The summed E-state index contributed by atoms with van der Waals surface area (Å²) in [7, 11) is 4.24. The van der Waals surface area contributed by atoms with Crippen LogP contribution >= 0.6 is 31.9 Å². The summed E-state index contributed by atoms with van der Waals surface area (Å²) in [4.78, 5) is 4.72. The molecule has 0 aliphatic heterocycles. The number of hydrogen-bond acceptors (Lipinski definition) is 2. The highest BCUT2D eigenvalue weighted by Gasteiger charge is 2.08. The van der Waals surface area contributed by atoms with Gasteiger partial charge >= 0.3 is 0 Å². The second-order valence-electron chi connectivity index (χ2n) is 5.77. The Bertz CT molecular complexity index is 582. The summed E-state index contributed by atoms with van der Waals surface area (Å²) in [5.41, 5.74) is 2.68. The predicted octanol–water partition coefficient (Wildman–Crippen LogP) is 4.78. The minimum atomic E-state index is 0.962. The summed E-state index contributed by atoms with van der Waals surface area (Å²) in [6.45, 7) is 4.04. The number of hydrogen-bond donors (Lipinski definition) is 0. The maximum atomic E-state index is 3.56. The van der Waals surface area contributed by atoms with Crippen molar-refractivity contribution in [3.05, 3.63) is 68.6 Å². The van der Waals surface area contributed by atoms with Crippen LogP contribution in [0.1, 0.15) is 11.1 Å². The van der Waals surface area contributed by atoms with Crippen molar-refractivity contribution in [2.24, 2.45) is 0 Å². The smallest absolute Gasteiger partial charge is 0.0238 e. The van der Waals surface area contributed by atoms with E-state index in [1.54, 1.807) is 0 Å². The van der Waals surface area contributed by atoms with E-state index in [1.807, 2.05) is 0 Å². The average Bonchev–Trinajstić information content (AvgIpc) is 2.47. The van der Waals surface area contributed by atoms with E-state index < -0.39 is 0 Å².